The number of hydrogen-bond acceptors (Lipinski definition) is 4. The van der Waals surface area contributed by atoms with Gasteiger partial charge < -0.3 is 15.3 Å². The first-order valence-corrected chi connectivity index (χ1v) is 6.33. The second-order valence-corrected chi connectivity index (χ2v) is 6.09. The number of carbonyl (C=O) groups excluding carboxylic acids is 1. The Hall–Kier alpha value is -0.970. The van der Waals surface area contributed by atoms with Gasteiger partial charge in [0.05, 0.1) is 12.7 Å². The molecule has 18 heavy (non-hydrogen) atoms. The number of aliphatic hydroxyl groups is 3. The first-order valence-electron chi connectivity index (χ1n) is 6.33. The summed E-state index contributed by atoms with van der Waals surface area (Å²) in [6.45, 7) is 3.39. The smallest absolute Gasteiger partial charge is 0.192 e. The average molecular weight is 250 g/mol. The summed E-state index contributed by atoms with van der Waals surface area (Å²) >= 11 is 0. The zero-order valence-corrected chi connectivity index (χ0v) is 10.6. The molecular weight excluding hydrogens is 232 g/mol. The summed E-state index contributed by atoms with van der Waals surface area (Å²) in [7, 11) is 0. The highest BCUT2D eigenvalue weighted by Gasteiger charge is 2.60. The van der Waals surface area contributed by atoms with Gasteiger partial charge in [0.2, 0.25) is 0 Å². The summed E-state index contributed by atoms with van der Waals surface area (Å²) in [6.07, 6.45) is 1.38. The molecule has 0 heterocycles. The van der Waals surface area contributed by atoms with Crippen molar-refractivity contribution in [3.8, 4) is 0 Å². The molecule has 3 N–H and O–H groups in total. The van der Waals surface area contributed by atoms with Gasteiger partial charge in [-0.15, -0.1) is 0 Å². The molecule has 1 fully saturated rings. The molecule has 1 saturated carbocycles. The van der Waals surface area contributed by atoms with Crippen LogP contribution in [0.1, 0.15) is 26.7 Å². The van der Waals surface area contributed by atoms with Gasteiger partial charge in [-0.3, -0.25) is 4.79 Å². The normalized spacial score (nSPS) is 41.2. The van der Waals surface area contributed by atoms with Crippen LogP contribution in [0.15, 0.2) is 22.8 Å². The van der Waals surface area contributed by atoms with E-state index < -0.39 is 23.0 Å². The molecule has 0 amide bonds. The fraction of sp³-hybridized carbons (Fsp3) is 0.643. The van der Waals surface area contributed by atoms with Gasteiger partial charge in [-0.05, 0) is 25.3 Å². The number of carbonyl (C=O) groups is 1. The number of aliphatic hydroxyl groups excluding tert-OH is 3. The van der Waals surface area contributed by atoms with Gasteiger partial charge in [-0.1, -0.05) is 18.6 Å². The summed E-state index contributed by atoms with van der Waals surface area (Å²) < 4.78 is 0. The number of rotatable bonds is 1. The van der Waals surface area contributed by atoms with E-state index in [4.69, 9.17) is 0 Å². The molecule has 0 aromatic carbocycles. The maximum atomic E-state index is 12.2. The van der Waals surface area contributed by atoms with Gasteiger partial charge in [-0.2, -0.15) is 0 Å². The van der Waals surface area contributed by atoms with Crippen LogP contribution in [0.25, 0.3) is 0 Å². The Morgan fingerprint density at radius 2 is 1.94 bits per heavy atom. The van der Waals surface area contributed by atoms with Crippen LogP contribution < -0.4 is 0 Å². The van der Waals surface area contributed by atoms with Crippen molar-refractivity contribution in [3.63, 3.8) is 0 Å². The van der Waals surface area contributed by atoms with Crippen LogP contribution in [0.2, 0.25) is 0 Å². The monoisotopic (exact) mass is 250 g/mol. The molecule has 98 valence electrons. The Balaban J connectivity index is 2.20. The zero-order valence-electron chi connectivity index (χ0n) is 10.6. The van der Waals surface area contributed by atoms with E-state index in [9.17, 15) is 20.1 Å². The Morgan fingerprint density at radius 1 is 1.33 bits per heavy atom. The molecule has 1 spiro atoms. The van der Waals surface area contributed by atoms with Crippen molar-refractivity contribution < 1.29 is 20.1 Å². The summed E-state index contributed by atoms with van der Waals surface area (Å²) in [4.78, 5) is 12.2. The van der Waals surface area contributed by atoms with E-state index >= 15 is 0 Å². The van der Waals surface area contributed by atoms with Crippen LogP contribution in [-0.2, 0) is 4.79 Å². The van der Waals surface area contributed by atoms with Crippen molar-refractivity contribution in [2.75, 3.05) is 6.61 Å². The van der Waals surface area contributed by atoms with E-state index in [2.05, 4.69) is 0 Å². The second-order valence-electron chi connectivity index (χ2n) is 6.09. The van der Waals surface area contributed by atoms with Crippen molar-refractivity contribution in [2.24, 2.45) is 10.8 Å². The number of ketones is 1. The quantitative estimate of drug-likeness (QED) is 0.626. The number of Topliss-reactive ketones (excluding diaryl/α,β-unsaturated/α-hetero) is 1. The molecule has 4 heteroatoms. The standard InChI is InChI=1S/C14H18O4/c1-7-9-8(5-13(2,6-15)11(9)17)10(16)12(18)14(7)3-4-14/h5,11-12,15,17-18H,3-4,6H2,1-2H3/t11-,12-,13-/m1/s1. The summed E-state index contributed by atoms with van der Waals surface area (Å²) in [5, 5.41) is 29.9. The van der Waals surface area contributed by atoms with Gasteiger partial charge in [0, 0.05) is 16.4 Å². The molecule has 3 aliphatic rings. The van der Waals surface area contributed by atoms with E-state index in [0.29, 0.717) is 11.1 Å². The average Bonchev–Trinajstić information content (AvgIpc) is 3.10. The minimum atomic E-state index is -0.985. The fourth-order valence-electron chi connectivity index (χ4n) is 3.36. The molecule has 0 bridgehead atoms. The minimum Gasteiger partial charge on any atom is -0.395 e. The lowest BCUT2D eigenvalue weighted by Crippen LogP contribution is -2.40. The maximum absolute atomic E-state index is 12.2. The van der Waals surface area contributed by atoms with Gasteiger partial charge in [0.15, 0.2) is 5.78 Å². The van der Waals surface area contributed by atoms with Gasteiger partial charge in [-0.25, -0.2) is 0 Å². The second kappa shape index (κ2) is 3.32. The minimum absolute atomic E-state index is 0.217. The van der Waals surface area contributed by atoms with E-state index in [1.54, 1.807) is 13.0 Å². The first-order chi connectivity index (χ1) is 8.37. The van der Waals surface area contributed by atoms with E-state index in [0.717, 1.165) is 18.4 Å². The highest BCUT2D eigenvalue weighted by Crippen LogP contribution is 2.61. The molecule has 0 unspecified atom stereocenters. The molecule has 3 atom stereocenters. The van der Waals surface area contributed by atoms with Gasteiger partial charge in [0.1, 0.15) is 6.10 Å². The highest BCUT2D eigenvalue weighted by molar-refractivity contribution is 6.06. The van der Waals surface area contributed by atoms with Crippen LogP contribution in [0.4, 0.5) is 0 Å². The Kier molecular flexibility index (Phi) is 2.23. The highest BCUT2D eigenvalue weighted by atomic mass is 16.3. The van der Waals surface area contributed by atoms with Crippen molar-refractivity contribution in [2.45, 2.75) is 38.9 Å². The molecule has 0 radical (unpaired) electrons. The van der Waals surface area contributed by atoms with Gasteiger partial charge in [0.25, 0.3) is 0 Å². The zero-order chi connectivity index (χ0) is 13.3. The number of fused-ring (bicyclic) bond motifs is 1. The SMILES string of the molecule is CC1=C2C(=C[C@](C)(CO)[C@@H]2O)C(=O)[C@@H](O)C12CC2. The predicted octanol–water partition coefficient (Wildman–Crippen LogP) is 0.326. The van der Waals surface area contributed by atoms with Crippen molar-refractivity contribution in [1.82, 2.24) is 0 Å². The maximum Gasteiger partial charge on any atom is 0.192 e. The van der Waals surface area contributed by atoms with Crippen LogP contribution in [-0.4, -0.2) is 39.9 Å². The van der Waals surface area contributed by atoms with Crippen LogP contribution in [0.3, 0.4) is 0 Å². The summed E-state index contributed by atoms with van der Waals surface area (Å²) in [6, 6.07) is 0. The third kappa shape index (κ3) is 1.18. The van der Waals surface area contributed by atoms with E-state index in [1.807, 2.05) is 6.92 Å². The molecular formula is C14H18O4. The largest absolute Gasteiger partial charge is 0.395 e. The van der Waals surface area contributed by atoms with Crippen LogP contribution >= 0.6 is 0 Å². The van der Waals surface area contributed by atoms with Gasteiger partial charge >= 0.3 is 0 Å². The van der Waals surface area contributed by atoms with Crippen LogP contribution in [0.5, 0.6) is 0 Å². The van der Waals surface area contributed by atoms with Crippen molar-refractivity contribution >= 4 is 5.78 Å². The first kappa shape index (κ1) is 12.1. The van der Waals surface area contributed by atoms with Crippen molar-refractivity contribution in [1.29, 1.82) is 0 Å². The third-order valence-electron chi connectivity index (χ3n) is 4.98. The third-order valence-corrected chi connectivity index (χ3v) is 4.98. The Labute approximate surface area is 106 Å². The summed E-state index contributed by atoms with van der Waals surface area (Å²) in [5.41, 5.74) is 0.708. The molecule has 4 nitrogen and oxygen atoms in total. The number of hydrogen-bond donors (Lipinski definition) is 3. The topological polar surface area (TPSA) is 77.8 Å². The molecule has 0 aromatic heterocycles. The lowest BCUT2D eigenvalue weighted by Gasteiger charge is -2.33. The lowest BCUT2D eigenvalue weighted by atomic mass is 9.75. The van der Waals surface area contributed by atoms with E-state index in [-0.39, 0.29) is 12.4 Å². The Morgan fingerprint density at radius 3 is 2.44 bits per heavy atom. The van der Waals surface area contributed by atoms with Crippen molar-refractivity contribution in [3.05, 3.63) is 22.8 Å². The molecule has 0 saturated heterocycles. The molecule has 0 aliphatic heterocycles. The molecule has 0 aromatic rings. The molecule has 3 rings (SSSR count). The van der Waals surface area contributed by atoms with E-state index in [1.165, 1.54) is 0 Å². The predicted molar refractivity (Wildman–Crippen MR) is 64.7 cm³/mol. The molecule has 3 aliphatic carbocycles. The Bertz CT molecular complexity index is 498. The summed E-state index contributed by atoms with van der Waals surface area (Å²) in [5.74, 6) is -0.302. The lowest BCUT2D eigenvalue weighted by molar-refractivity contribution is -0.126. The van der Waals surface area contributed by atoms with Crippen LogP contribution in [0, 0.1) is 10.8 Å². The fourth-order valence-corrected chi connectivity index (χ4v) is 3.36.